The zero-order chi connectivity index (χ0) is 80.8. The van der Waals surface area contributed by atoms with Gasteiger partial charge in [0, 0.05) is 48.1 Å². The molecule has 0 aliphatic carbocycles. The SMILES string of the molecule is C=C(C)C(=O)OC(C)c1ccc2cc(OC)ccc2c1.C=C(C)C(=O)OC(C)c1cccc2ccccc12.C=C(C)C(=O)OC(Cc1ccc2ccccc2c1)c1ccc2ccccc2c1.CC(=O)C(=O)OC(C)c1c2ccccc2cc2ccccc12.COc1cccc(C(OC(=O)C(C)=O)c2ccc3ccccc3c2)c1. The normalized spacial score (nSPS) is 12.0. The van der Waals surface area contributed by atoms with Crippen molar-refractivity contribution in [3.05, 3.63) is 361 Å². The monoisotopic (exact) mass is 1500 g/mol. The Balaban J connectivity index is 0.000000151. The van der Waals surface area contributed by atoms with E-state index in [9.17, 15) is 33.6 Å². The van der Waals surface area contributed by atoms with Crippen LogP contribution in [-0.2, 0) is 63.7 Å². The molecule has 0 aromatic heterocycles. The molecule has 14 heteroatoms. The van der Waals surface area contributed by atoms with Crippen molar-refractivity contribution in [3.63, 3.8) is 0 Å². The van der Waals surface area contributed by atoms with Gasteiger partial charge in [0.1, 0.15) is 35.9 Å². The summed E-state index contributed by atoms with van der Waals surface area (Å²) < 4.78 is 37.8. The van der Waals surface area contributed by atoms with Crippen LogP contribution in [0.5, 0.6) is 11.5 Å². The highest BCUT2D eigenvalue weighted by molar-refractivity contribution is 6.33. The third kappa shape index (κ3) is 21.7. The van der Waals surface area contributed by atoms with Crippen molar-refractivity contribution in [2.75, 3.05) is 14.2 Å². The molecule has 0 spiro atoms. The van der Waals surface area contributed by atoms with Crippen LogP contribution in [0.25, 0.3) is 75.4 Å². The van der Waals surface area contributed by atoms with Gasteiger partial charge in [-0.2, -0.15) is 0 Å². The van der Waals surface area contributed by atoms with Crippen LogP contribution in [0.2, 0.25) is 0 Å². The van der Waals surface area contributed by atoms with Crippen LogP contribution in [0.4, 0.5) is 0 Å². The number of ketones is 2. The van der Waals surface area contributed by atoms with Gasteiger partial charge in [-0.3, -0.25) is 9.59 Å². The Bertz CT molecular complexity index is 5830. The lowest BCUT2D eigenvalue weighted by molar-refractivity contribution is -0.156. The number of carbonyl (C=O) groups excluding carboxylic acids is 7. The molecule has 0 amide bonds. The molecule has 0 radical (unpaired) electrons. The van der Waals surface area contributed by atoms with E-state index in [0.717, 1.165) is 104 Å². The van der Waals surface area contributed by atoms with Gasteiger partial charge in [-0.25, -0.2) is 24.0 Å². The molecule has 0 heterocycles. The zero-order valence-electron chi connectivity index (χ0n) is 65.1. The predicted octanol–water partition coefficient (Wildman–Crippen LogP) is 22.7. The fourth-order valence-corrected chi connectivity index (χ4v) is 12.8. The molecule has 0 aliphatic heterocycles. The Kier molecular flexibility index (Phi) is 28.0. The van der Waals surface area contributed by atoms with Crippen molar-refractivity contribution in [3.8, 4) is 11.5 Å². The lowest BCUT2D eigenvalue weighted by Gasteiger charge is -2.19. The second-order valence-electron chi connectivity index (χ2n) is 27.4. The van der Waals surface area contributed by atoms with Gasteiger partial charge in [-0.1, -0.05) is 256 Å². The Morgan fingerprint density at radius 2 is 0.673 bits per heavy atom. The summed E-state index contributed by atoms with van der Waals surface area (Å²) in [5.41, 5.74) is 7.79. The number of methoxy groups -OCH3 is 2. The van der Waals surface area contributed by atoms with Gasteiger partial charge >= 0.3 is 29.8 Å². The fraction of sp³-hybridized carbons (Fsp3) is 0.162. The van der Waals surface area contributed by atoms with Crippen molar-refractivity contribution < 1.29 is 66.7 Å². The first-order valence-electron chi connectivity index (χ1n) is 36.9. The summed E-state index contributed by atoms with van der Waals surface area (Å²) in [6.07, 6.45) is -1.51. The molecular weight excluding hydrogens is 1410 g/mol. The Hall–Kier alpha value is -13.6. The number of Topliss-reactive ketones (excluding diaryl/α,β-unsaturated/α-hetero) is 2. The molecule has 0 fully saturated rings. The third-order valence-electron chi connectivity index (χ3n) is 18.8. The Morgan fingerprint density at radius 1 is 0.292 bits per heavy atom. The number of rotatable bonds is 20. The molecule has 14 aromatic rings. The van der Waals surface area contributed by atoms with E-state index in [1.54, 1.807) is 48.0 Å². The highest BCUT2D eigenvalue weighted by Crippen LogP contribution is 2.37. The second kappa shape index (κ2) is 38.7. The van der Waals surface area contributed by atoms with Gasteiger partial charge in [-0.15, -0.1) is 0 Å². The van der Waals surface area contributed by atoms with E-state index in [0.29, 0.717) is 28.9 Å². The van der Waals surface area contributed by atoms with Crippen LogP contribution in [-0.4, -0.2) is 55.6 Å². The second-order valence-corrected chi connectivity index (χ2v) is 27.4. The average molecular weight is 1500 g/mol. The summed E-state index contributed by atoms with van der Waals surface area (Å²) in [5.74, 6) is -2.48. The molecular formula is C99H90O14. The minimum absolute atomic E-state index is 0.278. The number of hydrogen-bond acceptors (Lipinski definition) is 14. The molecule has 5 atom stereocenters. The lowest BCUT2D eigenvalue weighted by Crippen LogP contribution is -2.18. The maximum absolute atomic E-state index is 12.3. The molecule has 0 N–H and O–H groups in total. The molecule has 14 nitrogen and oxygen atoms in total. The van der Waals surface area contributed by atoms with Crippen molar-refractivity contribution >= 4 is 117 Å². The number of fused-ring (bicyclic) bond motifs is 7. The van der Waals surface area contributed by atoms with Crippen molar-refractivity contribution in [1.29, 1.82) is 0 Å². The molecule has 0 bridgehead atoms. The number of carbonyl (C=O) groups is 7. The minimum atomic E-state index is -0.860. The summed E-state index contributed by atoms with van der Waals surface area (Å²) in [4.78, 5) is 81.4. The van der Waals surface area contributed by atoms with Crippen LogP contribution in [0.3, 0.4) is 0 Å². The zero-order valence-corrected chi connectivity index (χ0v) is 65.1. The quantitative estimate of drug-likeness (QED) is 0.0231. The number of esters is 5. The van der Waals surface area contributed by atoms with Crippen LogP contribution >= 0.6 is 0 Å². The summed E-state index contributed by atoms with van der Waals surface area (Å²) in [6.45, 7) is 23.8. The van der Waals surface area contributed by atoms with Gasteiger partial charge in [0.2, 0.25) is 11.6 Å². The van der Waals surface area contributed by atoms with Gasteiger partial charge < -0.3 is 33.2 Å². The largest absolute Gasteiger partial charge is 0.497 e. The summed E-state index contributed by atoms with van der Waals surface area (Å²) in [5, 5.41) is 15.5. The van der Waals surface area contributed by atoms with Crippen LogP contribution in [0.1, 0.15) is 125 Å². The van der Waals surface area contributed by atoms with E-state index in [1.807, 2.05) is 232 Å². The van der Waals surface area contributed by atoms with E-state index >= 15 is 0 Å². The Morgan fingerprint density at radius 3 is 1.23 bits per heavy atom. The third-order valence-corrected chi connectivity index (χ3v) is 18.8. The van der Waals surface area contributed by atoms with Gasteiger partial charge in [0.05, 0.1) is 14.2 Å². The summed E-state index contributed by atoms with van der Waals surface area (Å²) >= 11 is 0. The van der Waals surface area contributed by atoms with Crippen LogP contribution < -0.4 is 9.47 Å². The van der Waals surface area contributed by atoms with E-state index in [4.69, 9.17) is 33.2 Å². The lowest BCUT2D eigenvalue weighted by atomic mass is 9.94. The van der Waals surface area contributed by atoms with Crippen LogP contribution in [0.15, 0.2) is 322 Å². The molecule has 0 aliphatic rings. The number of ether oxygens (including phenoxy) is 7. The fourth-order valence-electron chi connectivity index (χ4n) is 12.8. The molecule has 5 unspecified atom stereocenters. The van der Waals surface area contributed by atoms with E-state index in [-0.39, 0.29) is 36.2 Å². The minimum Gasteiger partial charge on any atom is -0.497 e. The maximum Gasteiger partial charge on any atom is 0.375 e. The topological polar surface area (TPSA) is 184 Å². The molecule has 113 heavy (non-hydrogen) atoms. The highest BCUT2D eigenvalue weighted by atomic mass is 16.6. The molecule has 14 rings (SSSR count). The first-order chi connectivity index (χ1) is 54.4. The van der Waals surface area contributed by atoms with Gasteiger partial charge in [-0.05, 0) is 193 Å². The van der Waals surface area contributed by atoms with Gasteiger partial charge in [0.25, 0.3) is 0 Å². The molecule has 570 valence electrons. The molecule has 14 aromatic carbocycles. The maximum atomic E-state index is 12.3. The highest BCUT2D eigenvalue weighted by Gasteiger charge is 2.25. The predicted molar refractivity (Wildman–Crippen MR) is 451 cm³/mol. The van der Waals surface area contributed by atoms with E-state index in [1.165, 1.54) is 30.0 Å². The first kappa shape index (κ1) is 81.9. The first-order valence-corrected chi connectivity index (χ1v) is 36.9. The number of hydrogen-bond donors (Lipinski definition) is 0. The van der Waals surface area contributed by atoms with Gasteiger partial charge in [0.15, 0.2) is 6.10 Å². The smallest absolute Gasteiger partial charge is 0.375 e. The molecule has 0 saturated carbocycles. The summed E-state index contributed by atoms with van der Waals surface area (Å²) in [6, 6.07) is 94.1. The number of benzene rings is 14. The van der Waals surface area contributed by atoms with Crippen molar-refractivity contribution in [2.24, 2.45) is 0 Å². The van der Waals surface area contributed by atoms with Crippen molar-refractivity contribution in [2.45, 2.75) is 92.3 Å². The van der Waals surface area contributed by atoms with E-state index in [2.05, 4.69) is 80.4 Å². The summed E-state index contributed by atoms with van der Waals surface area (Å²) in [7, 11) is 3.22. The molecule has 0 saturated heterocycles. The Labute approximate surface area is 658 Å². The van der Waals surface area contributed by atoms with E-state index < -0.39 is 35.7 Å². The van der Waals surface area contributed by atoms with Crippen LogP contribution in [0, 0.1) is 0 Å². The average Bonchev–Trinajstić information content (AvgIpc) is 0.768. The standard InChI is InChI=1S/C26H22O2.C21H18O4.C19H16O3.C17H18O3.C16H16O2/c1-18(2)26(27)28-25(24-14-13-21-8-4-6-10-23(21)17-24)16-19-11-12-20-7-3-5-9-22(20)15-19;1-14(22)21(23)25-20(17-8-5-9-19(13-17)24-2)18-11-10-15-6-3-4-7-16(15)12-18;1-12(20)19(21)22-13(2)18-16-9-5-3-7-14(16)11-15-8-4-6-10-17(15)18;1-11(2)17(18)20-12(3)13-5-6-15-10-16(19-4)8-7-14(15)9-13;1-11(2)16(17)18-12(3)14-10-6-8-13-7-4-5-9-15(13)14/h3-15,17,25H,1,16H2,2H3;3-13,20H,1-2H3;3-11,13H,1-2H3;5-10,12H,1H2,2-4H3;4-10,12H,1H2,2-3H3. The van der Waals surface area contributed by atoms with Crippen molar-refractivity contribution in [1.82, 2.24) is 0 Å².